The summed E-state index contributed by atoms with van der Waals surface area (Å²) in [5.41, 5.74) is -1.18. The minimum absolute atomic E-state index is 0.0453. The first-order valence-electron chi connectivity index (χ1n) is 5.95. The lowest BCUT2D eigenvalue weighted by atomic mass is 10.0. The fourth-order valence-corrected chi connectivity index (χ4v) is 2.12. The average molecular weight is 272 g/mol. The van der Waals surface area contributed by atoms with Crippen molar-refractivity contribution in [2.75, 3.05) is 6.61 Å². The Labute approximate surface area is 107 Å². The average Bonchev–Trinajstić information content (AvgIpc) is 2.67. The summed E-state index contributed by atoms with van der Waals surface area (Å²) in [4.78, 5) is 25.3. The van der Waals surface area contributed by atoms with Crippen LogP contribution in [-0.4, -0.2) is 49.8 Å². The lowest BCUT2D eigenvalue weighted by Crippen LogP contribution is -2.35. The number of ether oxygens (including phenoxy) is 1. The van der Waals surface area contributed by atoms with Gasteiger partial charge in [-0.1, -0.05) is 0 Å². The van der Waals surface area contributed by atoms with Crippen molar-refractivity contribution in [3.63, 3.8) is 0 Å². The summed E-state index contributed by atoms with van der Waals surface area (Å²) in [5.74, 6) is 0. The maximum atomic E-state index is 11.7. The van der Waals surface area contributed by atoms with Crippen LogP contribution in [0.25, 0.3) is 0 Å². The first-order chi connectivity index (χ1) is 8.99. The molecule has 1 aromatic rings. The normalized spacial score (nSPS) is 30.7. The molecular weight excluding hydrogens is 256 g/mol. The van der Waals surface area contributed by atoms with Crippen LogP contribution >= 0.6 is 0 Å². The number of H-pyrrole nitrogens is 1. The maximum absolute atomic E-state index is 11.7. The Balaban J connectivity index is 2.43. The van der Waals surface area contributed by atoms with Gasteiger partial charge < -0.3 is 24.6 Å². The molecule has 8 nitrogen and oxygen atoms in total. The van der Waals surface area contributed by atoms with Crippen molar-refractivity contribution in [3.05, 3.63) is 32.6 Å². The number of aryl methyl sites for hydroxylation is 1. The number of nitrogens with zero attached hydrogens (tertiary/aromatic N) is 1. The lowest BCUT2D eigenvalue weighted by Gasteiger charge is -2.15. The summed E-state index contributed by atoms with van der Waals surface area (Å²) < 4.78 is 6.51. The highest BCUT2D eigenvalue weighted by atomic mass is 16.6. The Morgan fingerprint density at radius 2 is 2.05 bits per heavy atom. The van der Waals surface area contributed by atoms with Crippen molar-refractivity contribution in [2.45, 2.75) is 37.9 Å². The van der Waals surface area contributed by atoms with Gasteiger partial charge in [0.25, 0.3) is 5.56 Å². The van der Waals surface area contributed by atoms with Crippen LogP contribution in [0.3, 0.4) is 0 Å². The molecule has 4 N–H and O–H groups in total. The molecule has 0 bridgehead atoms. The molecule has 1 aromatic heterocycles. The van der Waals surface area contributed by atoms with Crippen LogP contribution in [0.2, 0.25) is 0 Å². The van der Waals surface area contributed by atoms with Crippen LogP contribution in [0.1, 0.15) is 18.6 Å². The second kappa shape index (κ2) is 5.25. The van der Waals surface area contributed by atoms with Gasteiger partial charge in [-0.15, -0.1) is 0 Å². The smallest absolute Gasteiger partial charge is 0.328 e. The van der Waals surface area contributed by atoms with Crippen molar-refractivity contribution >= 4 is 0 Å². The Kier molecular flexibility index (Phi) is 3.85. The molecule has 1 fully saturated rings. The molecule has 19 heavy (non-hydrogen) atoms. The van der Waals surface area contributed by atoms with Crippen LogP contribution < -0.4 is 11.2 Å². The standard InChI is InChI=1S/C11H16N2O6/c1-2-13-3-5(10(17)12-11(13)18)9-8(16)7(15)6(4-14)19-9/h3,6-9,14-16H,2,4H2,1H3,(H,12,17,18)/t6-,7?,8+,9+/m1/s1. The minimum Gasteiger partial charge on any atom is -0.394 e. The Morgan fingerprint density at radius 1 is 1.37 bits per heavy atom. The molecule has 0 radical (unpaired) electrons. The second-order valence-electron chi connectivity index (χ2n) is 4.39. The number of hydrogen-bond donors (Lipinski definition) is 4. The predicted molar refractivity (Wildman–Crippen MR) is 63.7 cm³/mol. The molecule has 1 saturated heterocycles. The summed E-state index contributed by atoms with van der Waals surface area (Å²) in [7, 11) is 0. The summed E-state index contributed by atoms with van der Waals surface area (Å²) in [5, 5.41) is 28.5. The van der Waals surface area contributed by atoms with Gasteiger partial charge in [0, 0.05) is 12.7 Å². The van der Waals surface area contributed by atoms with Crippen LogP contribution in [0.15, 0.2) is 15.8 Å². The molecule has 1 aliphatic rings. The molecule has 0 saturated carbocycles. The Morgan fingerprint density at radius 3 is 2.58 bits per heavy atom. The van der Waals surface area contributed by atoms with Crippen LogP contribution in [0, 0.1) is 0 Å². The van der Waals surface area contributed by atoms with E-state index >= 15 is 0 Å². The quantitative estimate of drug-likeness (QED) is 0.491. The van der Waals surface area contributed by atoms with E-state index in [1.807, 2.05) is 0 Å². The number of aliphatic hydroxyl groups excluding tert-OH is 3. The molecular formula is C11H16N2O6. The molecule has 2 rings (SSSR count). The molecule has 0 amide bonds. The Bertz CT molecular complexity index is 565. The fraction of sp³-hybridized carbons (Fsp3) is 0.636. The Hall–Kier alpha value is -1.48. The van der Waals surface area contributed by atoms with E-state index in [0.717, 1.165) is 0 Å². The number of aliphatic hydroxyl groups is 3. The largest absolute Gasteiger partial charge is 0.394 e. The summed E-state index contributed by atoms with van der Waals surface area (Å²) in [6.07, 6.45) is -3.35. The highest BCUT2D eigenvalue weighted by molar-refractivity contribution is 5.14. The monoisotopic (exact) mass is 272 g/mol. The molecule has 1 unspecified atom stereocenters. The van der Waals surface area contributed by atoms with Gasteiger partial charge in [-0.3, -0.25) is 9.78 Å². The number of hydrogen-bond acceptors (Lipinski definition) is 6. The SMILES string of the molecule is CCn1cc([C@@H]2O[C@H](CO)C(O)[C@@H]2O)c(=O)[nH]c1=O. The molecule has 0 spiro atoms. The molecule has 1 aliphatic heterocycles. The van der Waals surface area contributed by atoms with Gasteiger partial charge in [-0.2, -0.15) is 0 Å². The van der Waals surface area contributed by atoms with E-state index < -0.39 is 42.3 Å². The second-order valence-corrected chi connectivity index (χ2v) is 4.39. The van der Waals surface area contributed by atoms with Crippen LogP contribution in [0.5, 0.6) is 0 Å². The highest BCUT2D eigenvalue weighted by Crippen LogP contribution is 2.31. The van der Waals surface area contributed by atoms with Crippen LogP contribution in [-0.2, 0) is 11.3 Å². The van der Waals surface area contributed by atoms with Crippen LogP contribution in [0.4, 0.5) is 0 Å². The molecule has 4 atom stereocenters. The third-order valence-electron chi connectivity index (χ3n) is 3.23. The summed E-state index contributed by atoms with van der Waals surface area (Å²) >= 11 is 0. The molecule has 0 aliphatic carbocycles. The summed E-state index contributed by atoms with van der Waals surface area (Å²) in [6.45, 7) is 1.60. The number of rotatable bonds is 3. The van der Waals surface area contributed by atoms with Gasteiger partial charge in [0.2, 0.25) is 0 Å². The third-order valence-corrected chi connectivity index (χ3v) is 3.23. The number of nitrogens with one attached hydrogen (secondary N) is 1. The van der Waals surface area contributed by atoms with E-state index in [0.29, 0.717) is 6.54 Å². The predicted octanol–water partition coefficient (Wildman–Crippen LogP) is -2.29. The maximum Gasteiger partial charge on any atom is 0.328 e. The van der Waals surface area contributed by atoms with Crippen molar-refractivity contribution in [1.29, 1.82) is 0 Å². The molecule has 8 heteroatoms. The van der Waals surface area contributed by atoms with E-state index in [4.69, 9.17) is 9.84 Å². The zero-order valence-electron chi connectivity index (χ0n) is 10.3. The lowest BCUT2D eigenvalue weighted by molar-refractivity contribution is -0.0233. The van der Waals surface area contributed by atoms with Crippen molar-refractivity contribution in [3.8, 4) is 0 Å². The number of aromatic nitrogens is 2. The van der Waals surface area contributed by atoms with Gasteiger partial charge >= 0.3 is 5.69 Å². The first-order valence-corrected chi connectivity index (χ1v) is 5.95. The van der Waals surface area contributed by atoms with E-state index in [2.05, 4.69) is 4.98 Å². The molecule has 2 heterocycles. The van der Waals surface area contributed by atoms with E-state index in [1.54, 1.807) is 6.92 Å². The van der Waals surface area contributed by atoms with Crippen molar-refractivity contribution in [2.24, 2.45) is 0 Å². The van der Waals surface area contributed by atoms with Crippen molar-refractivity contribution < 1.29 is 20.1 Å². The van der Waals surface area contributed by atoms with Crippen molar-refractivity contribution in [1.82, 2.24) is 9.55 Å². The van der Waals surface area contributed by atoms with Gasteiger partial charge in [0.1, 0.15) is 24.4 Å². The third kappa shape index (κ3) is 2.35. The van der Waals surface area contributed by atoms with E-state index in [-0.39, 0.29) is 5.56 Å². The van der Waals surface area contributed by atoms with E-state index in [1.165, 1.54) is 10.8 Å². The molecule has 0 aromatic carbocycles. The zero-order valence-corrected chi connectivity index (χ0v) is 10.3. The highest BCUT2D eigenvalue weighted by Gasteiger charge is 2.44. The van der Waals surface area contributed by atoms with Gasteiger partial charge in [0.05, 0.1) is 12.2 Å². The van der Waals surface area contributed by atoms with Gasteiger partial charge in [0.15, 0.2) is 0 Å². The first kappa shape index (κ1) is 13.9. The molecule has 106 valence electrons. The fourth-order valence-electron chi connectivity index (χ4n) is 2.12. The number of aromatic amines is 1. The minimum atomic E-state index is -1.33. The summed E-state index contributed by atoms with van der Waals surface area (Å²) in [6, 6.07) is 0. The van der Waals surface area contributed by atoms with Gasteiger partial charge in [-0.05, 0) is 6.92 Å². The van der Waals surface area contributed by atoms with Gasteiger partial charge in [-0.25, -0.2) is 4.79 Å². The van der Waals surface area contributed by atoms with E-state index in [9.17, 15) is 19.8 Å². The zero-order chi connectivity index (χ0) is 14.2. The topological polar surface area (TPSA) is 125 Å².